The molecule has 0 radical (unpaired) electrons. The van der Waals surface area contributed by atoms with Gasteiger partial charge in [0, 0.05) is 19.2 Å². The van der Waals surface area contributed by atoms with E-state index in [4.69, 9.17) is 19.3 Å². The molecule has 2 atom stereocenters. The molecule has 1 saturated heterocycles. The van der Waals surface area contributed by atoms with Crippen LogP contribution in [0.1, 0.15) is 12.0 Å². The van der Waals surface area contributed by atoms with Gasteiger partial charge in [-0.3, -0.25) is 9.59 Å². The number of fused-ring (bicyclic) bond motifs is 1. The van der Waals surface area contributed by atoms with Gasteiger partial charge in [0.15, 0.2) is 0 Å². The SMILES string of the molecule is COc1ccc2c(c1)OC[C@H](C(=O)N1CCO[C@@H](CC(=O)O)C1)C2. The maximum Gasteiger partial charge on any atom is 0.306 e. The Balaban J connectivity index is 1.64. The zero-order valence-corrected chi connectivity index (χ0v) is 13.6. The van der Waals surface area contributed by atoms with Crippen LogP contribution in [0.15, 0.2) is 18.2 Å². The molecule has 130 valence electrons. The summed E-state index contributed by atoms with van der Waals surface area (Å²) >= 11 is 0. The number of ether oxygens (including phenoxy) is 3. The molecule has 0 aromatic heterocycles. The van der Waals surface area contributed by atoms with Gasteiger partial charge < -0.3 is 24.2 Å². The molecule has 1 aromatic carbocycles. The number of carboxylic acid groups (broad SMARTS) is 1. The molecule has 24 heavy (non-hydrogen) atoms. The second-order valence-electron chi connectivity index (χ2n) is 6.06. The van der Waals surface area contributed by atoms with Crippen molar-refractivity contribution in [2.24, 2.45) is 5.92 Å². The highest BCUT2D eigenvalue weighted by molar-refractivity contribution is 5.80. The lowest BCUT2D eigenvalue weighted by atomic mass is 9.95. The van der Waals surface area contributed by atoms with Crippen LogP contribution in [-0.2, 0) is 20.7 Å². The number of benzene rings is 1. The largest absolute Gasteiger partial charge is 0.497 e. The van der Waals surface area contributed by atoms with Crippen molar-refractivity contribution in [1.29, 1.82) is 0 Å². The number of carbonyl (C=O) groups is 2. The van der Waals surface area contributed by atoms with E-state index < -0.39 is 12.1 Å². The van der Waals surface area contributed by atoms with E-state index in [9.17, 15) is 9.59 Å². The van der Waals surface area contributed by atoms with Crippen LogP contribution < -0.4 is 9.47 Å². The number of amides is 1. The number of morpholine rings is 1. The molecule has 0 bridgehead atoms. The third-order valence-corrected chi connectivity index (χ3v) is 4.38. The van der Waals surface area contributed by atoms with Crippen LogP contribution in [0.4, 0.5) is 0 Å². The van der Waals surface area contributed by atoms with Gasteiger partial charge in [-0.1, -0.05) is 6.07 Å². The molecular formula is C17H21NO6. The first-order valence-corrected chi connectivity index (χ1v) is 7.98. The van der Waals surface area contributed by atoms with E-state index >= 15 is 0 Å². The van der Waals surface area contributed by atoms with E-state index in [-0.39, 0.29) is 18.2 Å². The van der Waals surface area contributed by atoms with Crippen LogP contribution in [0.2, 0.25) is 0 Å². The smallest absolute Gasteiger partial charge is 0.306 e. The van der Waals surface area contributed by atoms with E-state index in [1.54, 1.807) is 12.0 Å². The van der Waals surface area contributed by atoms with Crippen LogP contribution in [0.5, 0.6) is 11.5 Å². The molecule has 0 unspecified atom stereocenters. The van der Waals surface area contributed by atoms with E-state index in [0.717, 1.165) is 17.1 Å². The first-order valence-electron chi connectivity index (χ1n) is 7.98. The lowest BCUT2D eigenvalue weighted by Crippen LogP contribution is -2.50. The number of aliphatic carboxylic acids is 1. The number of nitrogens with zero attached hydrogens (tertiary/aromatic N) is 1. The number of rotatable bonds is 4. The third-order valence-electron chi connectivity index (χ3n) is 4.38. The Labute approximate surface area is 140 Å². The summed E-state index contributed by atoms with van der Waals surface area (Å²) in [4.78, 5) is 25.3. The predicted octanol–water partition coefficient (Wildman–Crippen LogP) is 0.948. The zero-order chi connectivity index (χ0) is 17.1. The molecule has 2 aliphatic rings. The molecule has 1 N–H and O–H groups in total. The van der Waals surface area contributed by atoms with Crippen molar-refractivity contribution in [3.8, 4) is 11.5 Å². The summed E-state index contributed by atoms with van der Waals surface area (Å²) in [5, 5.41) is 8.88. The van der Waals surface area contributed by atoms with Crippen molar-refractivity contribution >= 4 is 11.9 Å². The highest BCUT2D eigenvalue weighted by Crippen LogP contribution is 2.31. The molecule has 2 heterocycles. The van der Waals surface area contributed by atoms with Crippen molar-refractivity contribution in [1.82, 2.24) is 4.90 Å². The Bertz CT molecular complexity index is 632. The normalized spacial score (nSPS) is 23.1. The van der Waals surface area contributed by atoms with Crippen LogP contribution in [0.25, 0.3) is 0 Å². The molecule has 1 fully saturated rings. The van der Waals surface area contributed by atoms with Gasteiger partial charge in [0.05, 0.1) is 32.2 Å². The Morgan fingerprint density at radius 1 is 1.42 bits per heavy atom. The Morgan fingerprint density at radius 2 is 2.25 bits per heavy atom. The minimum Gasteiger partial charge on any atom is -0.497 e. The first kappa shape index (κ1) is 16.6. The predicted molar refractivity (Wildman–Crippen MR) is 84.3 cm³/mol. The monoisotopic (exact) mass is 335 g/mol. The Morgan fingerprint density at radius 3 is 3.00 bits per heavy atom. The molecule has 1 amide bonds. The van der Waals surface area contributed by atoms with Crippen molar-refractivity contribution < 1.29 is 28.9 Å². The summed E-state index contributed by atoms with van der Waals surface area (Å²) in [5.41, 5.74) is 0.982. The fourth-order valence-electron chi connectivity index (χ4n) is 3.13. The number of hydrogen-bond acceptors (Lipinski definition) is 5. The number of hydrogen-bond donors (Lipinski definition) is 1. The van der Waals surface area contributed by atoms with E-state index in [1.807, 2.05) is 18.2 Å². The summed E-state index contributed by atoms with van der Waals surface area (Å²) < 4.78 is 16.3. The molecule has 3 rings (SSSR count). The van der Waals surface area contributed by atoms with Gasteiger partial charge in [-0.15, -0.1) is 0 Å². The summed E-state index contributed by atoms with van der Waals surface area (Å²) in [6.45, 7) is 1.49. The molecular weight excluding hydrogens is 314 g/mol. The standard InChI is InChI=1S/C17H21NO6/c1-22-13-3-2-11-6-12(10-24-15(11)7-13)17(21)18-4-5-23-14(9-18)8-16(19)20/h2-3,7,12,14H,4-6,8-10H2,1H3,(H,19,20)/t12-,14+/m1/s1. The first-order chi connectivity index (χ1) is 11.6. The van der Waals surface area contributed by atoms with Crippen LogP contribution >= 0.6 is 0 Å². The summed E-state index contributed by atoms with van der Waals surface area (Å²) in [6, 6.07) is 5.60. The highest BCUT2D eigenvalue weighted by atomic mass is 16.5. The van der Waals surface area contributed by atoms with Gasteiger partial charge in [0.1, 0.15) is 18.1 Å². The number of carboxylic acids is 1. The van der Waals surface area contributed by atoms with Crippen molar-refractivity contribution in [2.45, 2.75) is 18.9 Å². The quantitative estimate of drug-likeness (QED) is 0.882. The summed E-state index contributed by atoms with van der Waals surface area (Å²) in [5.74, 6) is 0.301. The Hall–Kier alpha value is -2.28. The Kier molecular flexibility index (Phi) is 4.89. The van der Waals surface area contributed by atoms with Gasteiger partial charge in [-0.25, -0.2) is 0 Å². The molecule has 0 aliphatic carbocycles. The fourth-order valence-corrected chi connectivity index (χ4v) is 3.13. The van der Waals surface area contributed by atoms with Gasteiger partial charge in [0.25, 0.3) is 0 Å². The molecule has 7 heteroatoms. The zero-order valence-electron chi connectivity index (χ0n) is 13.6. The van der Waals surface area contributed by atoms with E-state index in [1.165, 1.54) is 0 Å². The van der Waals surface area contributed by atoms with Gasteiger partial charge in [0.2, 0.25) is 5.91 Å². The average molecular weight is 335 g/mol. The minimum atomic E-state index is -0.918. The summed E-state index contributed by atoms with van der Waals surface area (Å²) in [6.07, 6.45) is 0.0772. The van der Waals surface area contributed by atoms with Gasteiger partial charge >= 0.3 is 5.97 Å². The van der Waals surface area contributed by atoms with Crippen molar-refractivity contribution in [3.63, 3.8) is 0 Å². The topological polar surface area (TPSA) is 85.3 Å². The molecule has 0 saturated carbocycles. The lowest BCUT2D eigenvalue weighted by Gasteiger charge is -2.35. The minimum absolute atomic E-state index is 0.00448. The second kappa shape index (κ2) is 7.09. The molecule has 0 spiro atoms. The van der Waals surface area contributed by atoms with Crippen LogP contribution in [0, 0.1) is 5.92 Å². The maximum absolute atomic E-state index is 12.7. The third kappa shape index (κ3) is 3.62. The number of methoxy groups -OCH3 is 1. The van der Waals surface area contributed by atoms with Crippen molar-refractivity contribution in [2.75, 3.05) is 33.4 Å². The summed E-state index contributed by atoms with van der Waals surface area (Å²) in [7, 11) is 1.60. The van der Waals surface area contributed by atoms with E-state index in [0.29, 0.717) is 32.7 Å². The second-order valence-corrected chi connectivity index (χ2v) is 6.06. The maximum atomic E-state index is 12.7. The van der Waals surface area contributed by atoms with Gasteiger partial charge in [-0.05, 0) is 18.1 Å². The number of carbonyl (C=O) groups excluding carboxylic acids is 1. The van der Waals surface area contributed by atoms with Crippen molar-refractivity contribution in [3.05, 3.63) is 23.8 Å². The van der Waals surface area contributed by atoms with Crippen LogP contribution in [-0.4, -0.2) is 61.4 Å². The van der Waals surface area contributed by atoms with Crippen LogP contribution in [0.3, 0.4) is 0 Å². The van der Waals surface area contributed by atoms with Gasteiger partial charge in [-0.2, -0.15) is 0 Å². The molecule has 7 nitrogen and oxygen atoms in total. The highest BCUT2D eigenvalue weighted by Gasteiger charge is 2.33. The molecule has 2 aliphatic heterocycles. The molecule has 1 aromatic rings. The fraction of sp³-hybridized carbons (Fsp3) is 0.529. The average Bonchev–Trinajstić information content (AvgIpc) is 2.59. The lowest BCUT2D eigenvalue weighted by molar-refractivity contribution is -0.150. The van der Waals surface area contributed by atoms with E-state index in [2.05, 4.69) is 0 Å².